The number of carbonyl (C=O) groups excluding carboxylic acids is 2. The lowest BCUT2D eigenvalue weighted by Gasteiger charge is -2.17. The number of carbonyl (C=O) groups is 2. The number of hydrogen-bond acceptors (Lipinski definition) is 5. The Morgan fingerprint density at radius 2 is 1.77 bits per heavy atom. The van der Waals surface area contributed by atoms with E-state index in [1.807, 2.05) is 37.3 Å². The van der Waals surface area contributed by atoms with E-state index in [4.69, 9.17) is 4.74 Å². The number of likely N-dealkylation sites (N-methyl/N-ethyl adjacent to an activating group) is 1. The van der Waals surface area contributed by atoms with E-state index < -0.39 is 12.1 Å². The zero-order chi connectivity index (χ0) is 21.8. The molecule has 1 aromatic heterocycles. The number of ether oxygens (including phenoxy) is 1. The number of hydrogen-bond donors (Lipinski definition) is 0. The fraction of sp³-hybridized carbons (Fsp3) is 0.304. The SMILES string of the molecule is Cc1ccc(-n2c(CCC(=O)O[C@H](C)C(=O)N(C)C)nc3ccccc3c2=O)cc1. The van der Waals surface area contributed by atoms with E-state index in [1.165, 1.54) is 16.4 Å². The molecular weight excluding hydrogens is 382 g/mol. The maximum atomic E-state index is 13.2. The van der Waals surface area contributed by atoms with Crippen LogP contribution in [0.5, 0.6) is 0 Å². The van der Waals surface area contributed by atoms with Crippen LogP contribution in [0.25, 0.3) is 16.6 Å². The van der Waals surface area contributed by atoms with Crippen LogP contribution >= 0.6 is 0 Å². The number of aryl methyl sites for hydroxylation is 2. The Bertz CT molecular complexity index is 1130. The summed E-state index contributed by atoms with van der Waals surface area (Å²) < 4.78 is 6.76. The Morgan fingerprint density at radius 3 is 2.43 bits per heavy atom. The van der Waals surface area contributed by atoms with Crippen molar-refractivity contribution in [3.05, 3.63) is 70.3 Å². The number of fused-ring (bicyclic) bond motifs is 1. The third-order valence-electron chi connectivity index (χ3n) is 4.79. The largest absolute Gasteiger partial charge is 0.453 e. The van der Waals surface area contributed by atoms with Crippen molar-refractivity contribution in [1.29, 1.82) is 0 Å². The summed E-state index contributed by atoms with van der Waals surface area (Å²) in [6.45, 7) is 3.51. The van der Waals surface area contributed by atoms with Crippen molar-refractivity contribution in [2.75, 3.05) is 14.1 Å². The Balaban J connectivity index is 1.92. The lowest BCUT2D eigenvalue weighted by molar-refractivity contribution is -0.157. The summed E-state index contributed by atoms with van der Waals surface area (Å²) in [4.78, 5) is 43.4. The number of benzene rings is 2. The molecule has 0 aliphatic carbocycles. The van der Waals surface area contributed by atoms with Crippen LogP contribution in [-0.4, -0.2) is 46.5 Å². The second-order valence-corrected chi connectivity index (χ2v) is 7.39. The zero-order valence-corrected chi connectivity index (χ0v) is 17.6. The topological polar surface area (TPSA) is 81.5 Å². The van der Waals surface area contributed by atoms with Crippen LogP contribution in [0.15, 0.2) is 53.3 Å². The van der Waals surface area contributed by atoms with Crippen molar-refractivity contribution in [2.24, 2.45) is 0 Å². The normalized spacial score (nSPS) is 11.9. The monoisotopic (exact) mass is 407 g/mol. The fourth-order valence-corrected chi connectivity index (χ4v) is 3.19. The molecule has 3 aromatic rings. The van der Waals surface area contributed by atoms with E-state index in [9.17, 15) is 14.4 Å². The van der Waals surface area contributed by atoms with Gasteiger partial charge in [-0.1, -0.05) is 29.8 Å². The summed E-state index contributed by atoms with van der Waals surface area (Å²) in [5, 5.41) is 0.509. The van der Waals surface area contributed by atoms with Crippen LogP contribution in [0.4, 0.5) is 0 Å². The summed E-state index contributed by atoms with van der Waals surface area (Å²) in [5.41, 5.74) is 2.14. The highest BCUT2D eigenvalue weighted by Crippen LogP contribution is 2.15. The average molecular weight is 407 g/mol. The van der Waals surface area contributed by atoms with E-state index in [2.05, 4.69) is 4.98 Å². The zero-order valence-electron chi connectivity index (χ0n) is 17.6. The van der Waals surface area contributed by atoms with Crippen LogP contribution in [0.2, 0.25) is 0 Å². The Morgan fingerprint density at radius 1 is 1.10 bits per heavy atom. The van der Waals surface area contributed by atoms with Gasteiger partial charge in [-0.25, -0.2) is 4.98 Å². The van der Waals surface area contributed by atoms with Crippen molar-refractivity contribution in [3.8, 4) is 5.69 Å². The molecule has 0 bridgehead atoms. The first-order chi connectivity index (χ1) is 14.3. The molecule has 0 radical (unpaired) electrons. The summed E-state index contributed by atoms with van der Waals surface area (Å²) >= 11 is 0. The van der Waals surface area contributed by atoms with Crippen LogP contribution in [-0.2, 0) is 20.7 Å². The first-order valence-corrected chi connectivity index (χ1v) is 9.76. The highest BCUT2D eigenvalue weighted by atomic mass is 16.5. The maximum absolute atomic E-state index is 13.2. The molecule has 1 amide bonds. The van der Waals surface area contributed by atoms with E-state index in [0.717, 1.165) is 5.56 Å². The Hall–Kier alpha value is -3.48. The molecular formula is C23H25N3O4. The maximum Gasteiger partial charge on any atom is 0.307 e. The number of aromatic nitrogens is 2. The molecule has 1 heterocycles. The van der Waals surface area contributed by atoms with Crippen molar-refractivity contribution in [3.63, 3.8) is 0 Å². The first-order valence-electron chi connectivity index (χ1n) is 9.76. The van der Waals surface area contributed by atoms with Crippen molar-refractivity contribution < 1.29 is 14.3 Å². The molecule has 2 aromatic carbocycles. The van der Waals surface area contributed by atoms with Gasteiger partial charge in [-0.3, -0.25) is 19.0 Å². The highest BCUT2D eigenvalue weighted by Gasteiger charge is 2.20. The van der Waals surface area contributed by atoms with Crippen LogP contribution in [0, 0.1) is 6.92 Å². The predicted molar refractivity (Wildman–Crippen MR) is 115 cm³/mol. The molecule has 0 unspecified atom stereocenters. The molecule has 0 spiro atoms. The Labute approximate surface area is 174 Å². The number of para-hydroxylation sites is 1. The van der Waals surface area contributed by atoms with Gasteiger partial charge in [0, 0.05) is 20.5 Å². The number of nitrogens with zero attached hydrogens (tertiary/aromatic N) is 3. The van der Waals surface area contributed by atoms with Gasteiger partial charge in [0.15, 0.2) is 6.10 Å². The molecule has 7 nitrogen and oxygen atoms in total. The summed E-state index contributed by atoms with van der Waals surface area (Å²) in [6.07, 6.45) is -0.659. The number of esters is 1. The van der Waals surface area contributed by atoms with Gasteiger partial charge in [0.2, 0.25) is 0 Å². The van der Waals surface area contributed by atoms with Crippen LogP contribution in [0.3, 0.4) is 0 Å². The minimum absolute atomic E-state index is 0.00168. The summed E-state index contributed by atoms with van der Waals surface area (Å²) in [6, 6.07) is 14.7. The third kappa shape index (κ3) is 4.56. The van der Waals surface area contributed by atoms with E-state index in [0.29, 0.717) is 22.4 Å². The van der Waals surface area contributed by atoms with Gasteiger partial charge in [-0.15, -0.1) is 0 Å². The van der Waals surface area contributed by atoms with Gasteiger partial charge in [0.25, 0.3) is 11.5 Å². The average Bonchev–Trinajstić information content (AvgIpc) is 2.72. The molecule has 0 N–H and O–H groups in total. The molecule has 1 atom stereocenters. The smallest absolute Gasteiger partial charge is 0.307 e. The first kappa shape index (κ1) is 21.2. The molecule has 3 rings (SSSR count). The number of amides is 1. The van der Waals surface area contributed by atoms with Crippen molar-refractivity contribution >= 4 is 22.8 Å². The van der Waals surface area contributed by atoms with E-state index >= 15 is 0 Å². The van der Waals surface area contributed by atoms with Crippen molar-refractivity contribution in [1.82, 2.24) is 14.5 Å². The van der Waals surface area contributed by atoms with Gasteiger partial charge >= 0.3 is 5.97 Å². The summed E-state index contributed by atoms with van der Waals surface area (Å²) in [7, 11) is 3.21. The van der Waals surface area contributed by atoms with E-state index in [1.54, 1.807) is 32.3 Å². The molecule has 7 heteroatoms. The van der Waals surface area contributed by atoms with Gasteiger partial charge in [0.1, 0.15) is 5.82 Å². The quantitative estimate of drug-likeness (QED) is 0.587. The fourth-order valence-electron chi connectivity index (χ4n) is 3.19. The number of rotatable bonds is 6. The van der Waals surface area contributed by atoms with Crippen LogP contribution < -0.4 is 5.56 Å². The molecule has 0 aliphatic heterocycles. The molecule has 0 aliphatic rings. The molecule has 0 fully saturated rings. The lowest BCUT2D eigenvalue weighted by Crippen LogP contribution is -2.35. The molecule has 0 saturated heterocycles. The molecule has 156 valence electrons. The standard InChI is InChI=1S/C23H25N3O4/c1-15-9-11-17(12-10-15)26-20(24-19-8-6-5-7-18(19)23(26)29)13-14-21(27)30-16(2)22(28)25(3)4/h5-12,16H,13-14H2,1-4H3/t16-/m1/s1. The third-order valence-corrected chi connectivity index (χ3v) is 4.79. The van der Waals surface area contributed by atoms with Crippen LogP contribution in [0.1, 0.15) is 24.7 Å². The lowest BCUT2D eigenvalue weighted by atomic mass is 10.2. The van der Waals surface area contributed by atoms with Gasteiger partial charge in [-0.2, -0.15) is 0 Å². The minimum Gasteiger partial charge on any atom is -0.453 e. The van der Waals surface area contributed by atoms with E-state index in [-0.39, 0.29) is 24.3 Å². The minimum atomic E-state index is -0.864. The summed E-state index contributed by atoms with van der Waals surface area (Å²) in [5.74, 6) is -0.342. The second-order valence-electron chi connectivity index (χ2n) is 7.39. The predicted octanol–water partition coefficient (Wildman–Crippen LogP) is 2.65. The van der Waals surface area contributed by atoms with Crippen molar-refractivity contribution in [2.45, 2.75) is 32.8 Å². The molecule has 30 heavy (non-hydrogen) atoms. The Kier molecular flexibility index (Phi) is 6.30. The van der Waals surface area contributed by atoms with Gasteiger partial charge in [-0.05, 0) is 38.1 Å². The molecule has 0 saturated carbocycles. The van der Waals surface area contributed by atoms with Gasteiger partial charge in [0.05, 0.1) is 23.0 Å². The highest BCUT2D eigenvalue weighted by molar-refractivity contribution is 5.83. The van der Waals surface area contributed by atoms with Gasteiger partial charge < -0.3 is 9.64 Å². The second kappa shape index (κ2) is 8.90.